The Labute approximate surface area is 135 Å². The molecule has 1 unspecified atom stereocenters. The summed E-state index contributed by atoms with van der Waals surface area (Å²) in [5, 5.41) is 10.9. The smallest absolute Gasteiger partial charge is 0.179 e. The predicted molar refractivity (Wildman–Crippen MR) is 84.6 cm³/mol. The number of imidazole rings is 1. The fraction of sp³-hybridized carbons (Fsp3) is 0.688. The van der Waals surface area contributed by atoms with Gasteiger partial charge in [-0.1, -0.05) is 0 Å². The first kappa shape index (κ1) is 14.8. The molecule has 2 aromatic heterocycles. The predicted octanol–water partition coefficient (Wildman–Crippen LogP) is 1.67. The number of aromatic nitrogens is 5. The van der Waals surface area contributed by atoms with E-state index in [9.17, 15) is 0 Å². The van der Waals surface area contributed by atoms with Crippen LogP contribution in [0, 0.1) is 18.8 Å². The summed E-state index contributed by atoms with van der Waals surface area (Å²) in [6.45, 7) is 3.61. The van der Waals surface area contributed by atoms with Gasteiger partial charge < -0.3 is 14.6 Å². The molecule has 2 aromatic rings. The van der Waals surface area contributed by atoms with Crippen LogP contribution in [0.4, 0.5) is 0 Å². The second-order valence-corrected chi connectivity index (χ2v) is 6.74. The molecule has 0 radical (unpaired) electrons. The third-order valence-corrected chi connectivity index (χ3v) is 4.91. The summed E-state index contributed by atoms with van der Waals surface area (Å²) in [7, 11) is 2.07. The molecule has 2 aliphatic rings. The molecule has 3 atom stereocenters. The number of rotatable bonds is 6. The van der Waals surface area contributed by atoms with E-state index < -0.39 is 0 Å². The van der Waals surface area contributed by atoms with Crippen molar-refractivity contribution >= 4 is 0 Å². The van der Waals surface area contributed by atoms with E-state index in [1.807, 2.05) is 19.3 Å². The van der Waals surface area contributed by atoms with Crippen molar-refractivity contribution in [2.24, 2.45) is 18.9 Å². The van der Waals surface area contributed by atoms with Crippen LogP contribution in [-0.4, -0.2) is 37.9 Å². The molecule has 1 aliphatic heterocycles. The van der Waals surface area contributed by atoms with Gasteiger partial charge in [0.2, 0.25) is 0 Å². The maximum atomic E-state index is 5.88. The topological polar surface area (TPSA) is 80.7 Å². The second-order valence-electron chi connectivity index (χ2n) is 6.74. The Hall–Kier alpha value is -1.73. The van der Waals surface area contributed by atoms with Gasteiger partial charge in [-0.3, -0.25) is 5.10 Å². The number of nitrogens with one attached hydrogen (secondary N) is 2. The highest BCUT2D eigenvalue weighted by atomic mass is 16.5. The molecule has 1 saturated carbocycles. The fourth-order valence-electron chi connectivity index (χ4n) is 3.47. The molecular formula is C16H24N6O. The minimum atomic E-state index is -0.00586. The third kappa shape index (κ3) is 3.03. The first-order chi connectivity index (χ1) is 11.2. The highest BCUT2D eigenvalue weighted by Crippen LogP contribution is 2.41. The van der Waals surface area contributed by atoms with Gasteiger partial charge in [0.1, 0.15) is 17.8 Å². The minimum Gasteiger partial charge on any atom is -0.370 e. The van der Waals surface area contributed by atoms with E-state index in [1.165, 1.54) is 12.8 Å². The zero-order chi connectivity index (χ0) is 15.8. The van der Waals surface area contributed by atoms with E-state index >= 15 is 0 Å². The van der Waals surface area contributed by atoms with Gasteiger partial charge in [-0.25, -0.2) is 9.97 Å². The lowest BCUT2D eigenvalue weighted by atomic mass is 10.00. The van der Waals surface area contributed by atoms with E-state index in [0.717, 1.165) is 37.0 Å². The van der Waals surface area contributed by atoms with Gasteiger partial charge in [-0.15, -0.1) is 0 Å². The molecule has 3 heterocycles. The van der Waals surface area contributed by atoms with Crippen molar-refractivity contribution in [1.82, 2.24) is 30.0 Å². The van der Waals surface area contributed by atoms with Crippen LogP contribution in [0.2, 0.25) is 0 Å². The van der Waals surface area contributed by atoms with E-state index in [0.29, 0.717) is 17.9 Å². The van der Waals surface area contributed by atoms with Gasteiger partial charge in [-0.2, -0.15) is 5.10 Å². The van der Waals surface area contributed by atoms with Gasteiger partial charge in [0.05, 0.1) is 6.04 Å². The first-order valence-corrected chi connectivity index (χ1v) is 8.43. The SMILES string of the molecule is Cc1nc([C@H]2OCC[C@H]2CNC(c2nccn2C)C2CC2)n[nH]1. The molecule has 0 spiro atoms. The lowest BCUT2D eigenvalue weighted by molar-refractivity contribution is 0.0825. The zero-order valence-corrected chi connectivity index (χ0v) is 13.7. The summed E-state index contributed by atoms with van der Waals surface area (Å²) in [4.78, 5) is 8.99. The molecule has 23 heavy (non-hydrogen) atoms. The van der Waals surface area contributed by atoms with Gasteiger partial charge in [0.25, 0.3) is 0 Å². The summed E-state index contributed by atoms with van der Waals surface area (Å²) in [6.07, 6.45) is 7.51. The van der Waals surface area contributed by atoms with Gasteiger partial charge >= 0.3 is 0 Å². The maximum Gasteiger partial charge on any atom is 0.179 e. The van der Waals surface area contributed by atoms with Crippen molar-refractivity contribution in [2.45, 2.75) is 38.3 Å². The number of aryl methyl sites for hydroxylation is 2. The van der Waals surface area contributed by atoms with E-state index in [1.54, 1.807) is 0 Å². The Morgan fingerprint density at radius 3 is 2.96 bits per heavy atom. The number of nitrogens with zero attached hydrogens (tertiary/aromatic N) is 4. The van der Waals surface area contributed by atoms with Crippen LogP contribution in [0.3, 0.4) is 0 Å². The molecule has 2 N–H and O–H groups in total. The minimum absolute atomic E-state index is 0.00586. The van der Waals surface area contributed by atoms with Crippen molar-refractivity contribution in [3.05, 3.63) is 29.9 Å². The Morgan fingerprint density at radius 1 is 1.43 bits per heavy atom. The fourth-order valence-corrected chi connectivity index (χ4v) is 3.47. The highest BCUT2D eigenvalue weighted by molar-refractivity contribution is 5.05. The Bertz CT molecular complexity index is 661. The summed E-state index contributed by atoms with van der Waals surface area (Å²) >= 11 is 0. The number of H-pyrrole nitrogens is 1. The normalized spacial score (nSPS) is 25.8. The van der Waals surface area contributed by atoms with Crippen molar-refractivity contribution in [3.8, 4) is 0 Å². The van der Waals surface area contributed by atoms with Crippen LogP contribution in [0.15, 0.2) is 12.4 Å². The largest absolute Gasteiger partial charge is 0.370 e. The lowest BCUT2D eigenvalue weighted by Crippen LogP contribution is -2.31. The molecule has 7 nitrogen and oxygen atoms in total. The van der Waals surface area contributed by atoms with E-state index in [2.05, 4.69) is 37.1 Å². The molecule has 0 bridgehead atoms. The van der Waals surface area contributed by atoms with Crippen LogP contribution < -0.4 is 5.32 Å². The van der Waals surface area contributed by atoms with Crippen LogP contribution in [-0.2, 0) is 11.8 Å². The molecule has 7 heteroatoms. The Kier molecular flexibility index (Phi) is 3.90. The molecule has 1 aliphatic carbocycles. The lowest BCUT2D eigenvalue weighted by Gasteiger charge is -2.22. The van der Waals surface area contributed by atoms with Gasteiger partial charge in [0, 0.05) is 38.5 Å². The van der Waals surface area contributed by atoms with E-state index in [4.69, 9.17) is 4.74 Å². The average Bonchev–Trinajstić information content (AvgIpc) is 2.92. The van der Waals surface area contributed by atoms with Crippen LogP contribution in [0.5, 0.6) is 0 Å². The quantitative estimate of drug-likeness (QED) is 0.847. The molecule has 0 amide bonds. The van der Waals surface area contributed by atoms with Crippen molar-refractivity contribution in [3.63, 3.8) is 0 Å². The maximum absolute atomic E-state index is 5.88. The Morgan fingerprint density at radius 2 is 2.30 bits per heavy atom. The van der Waals surface area contributed by atoms with Gasteiger partial charge in [-0.05, 0) is 32.1 Å². The highest BCUT2D eigenvalue weighted by Gasteiger charge is 2.37. The molecule has 4 rings (SSSR count). The third-order valence-electron chi connectivity index (χ3n) is 4.91. The first-order valence-electron chi connectivity index (χ1n) is 8.43. The number of ether oxygens (including phenoxy) is 1. The molecular weight excluding hydrogens is 292 g/mol. The molecule has 1 saturated heterocycles. The van der Waals surface area contributed by atoms with Gasteiger partial charge in [0.15, 0.2) is 5.82 Å². The number of aromatic amines is 1. The van der Waals surface area contributed by atoms with Crippen molar-refractivity contribution in [1.29, 1.82) is 0 Å². The summed E-state index contributed by atoms with van der Waals surface area (Å²) in [5.41, 5.74) is 0. The average molecular weight is 316 g/mol. The summed E-state index contributed by atoms with van der Waals surface area (Å²) in [5.74, 6) is 3.88. The zero-order valence-electron chi connectivity index (χ0n) is 13.7. The van der Waals surface area contributed by atoms with Crippen molar-refractivity contribution < 1.29 is 4.74 Å². The molecule has 2 fully saturated rings. The standard InChI is InChI=1S/C16H24N6O/c1-10-19-15(21-20-10)14-12(5-8-23-14)9-18-13(11-3-4-11)16-17-6-7-22(16)2/h6-7,11-14,18H,3-5,8-9H2,1-2H3,(H,19,20,21)/t12-,13?,14-/m0/s1. The second kappa shape index (κ2) is 6.05. The monoisotopic (exact) mass is 316 g/mol. The van der Waals surface area contributed by atoms with E-state index in [-0.39, 0.29) is 6.10 Å². The number of hydrogen-bond donors (Lipinski definition) is 2. The molecule has 124 valence electrons. The van der Waals surface area contributed by atoms with Crippen LogP contribution in [0.1, 0.15) is 48.9 Å². The van der Waals surface area contributed by atoms with Crippen LogP contribution in [0.25, 0.3) is 0 Å². The summed E-state index contributed by atoms with van der Waals surface area (Å²) in [6, 6.07) is 0.338. The van der Waals surface area contributed by atoms with Crippen molar-refractivity contribution in [2.75, 3.05) is 13.2 Å². The summed E-state index contributed by atoms with van der Waals surface area (Å²) < 4.78 is 8.00. The molecule has 0 aromatic carbocycles. The van der Waals surface area contributed by atoms with Crippen LogP contribution >= 0.6 is 0 Å². The Balaban J connectivity index is 1.43. The number of hydrogen-bond acceptors (Lipinski definition) is 5.